The van der Waals surface area contributed by atoms with Crippen LogP contribution in [0, 0.1) is 0 Å². The van der Waals surface area contributed by atoms with Gasteiger partial charge in [-0.2, -0.15) is 0 Å². The lowest BCUT2D eigenvalue weighted by molar-refractivity contribution is 0.325. The summed E-state index contributed by atoms with van der Waals surface area (Å²) < 4.78 is 5.44. The van der Waals surface area contributed by atoms with Crippen LogP contribution < -0.4 is 15.0 Å². The van der Waals surface area contributed by atoms with Crippen molar-refractivity contribution in [2.24, 2.45) is 0 Å². The van der Waals surface area contributed by atoms with E-state index in [0.29, 0.717) is 18.5 Å². The number of nitrogens with zero attached hydrogens (tertiary/aromatic N) is 3. The van der Waals surface area contributed by atoms with Gasteiger partial charge < -0.3 is 15.0 Å². The average molecular weight is 250 g/mol. The molecule has 0 amide bonds. The van der Waals surface area contributed by atoms with Gasteiger partial charge in [-0.1, -0.05) is 0 Å². The maximum atomic E-state index is 5.44. The molecule has 5 nitrogen and oxygen atoms in total. The van der Waals surface area contributed by atoms with Gasteiger partial charge in [-0.3, -0.25) is 0 Å². The summed E-state index contributed by atoms with van der Waals surface area (Å²) in [5.74, 6) is 1.64. The van der Waals surface area contributed by atoms with Crippen molar-refractivity contribution in [3.63, 3.8) is 0 Å². The van der Waals surface area contributed by atoms with Crippen LogP contribution in [0.1, 0.15) is 26.2 Å². The van der Waals surface area contributed by atoms with E-state index in [-0.39, 0.29) is 0 Å². The van der Waals surface area contributed by atoms with Crippen molar-refractivity contribution in [3.8, 4) is 5.88 Å². The Labute approximate surface area is 109 Å². The summed E-state index contributed by atoms with van der Waals surface area (Å²) in [5.41, 5.74) is 0. The second kappa shape index (κ2) is 6.54. The number of ether oxygens (including phenoxy) is 1. The van der Waals surface area contributed by atoms with Crippen molar-refractivity contribution < 1.29 is 4.74 Å². The average Bonchev–Trinajstić information content (AvgIpc) is 2.40. The highest BCUT2D eigenvalue weighted by atomic mass is 16.5. The first-order valence-electron chi connectivity index (χ1n) is 6.71. The van der Waals surface area contributed by atoms with Crippen molar-refractivity contribution in [1.82, 2.24) is 15.3 Å². The largest absolute Gasteiger partial charge is 0.478 e. The molecular weight excluding hydrogens is 228 g/mol. The standard InChI is InChI=1S/C13H22N4O/c1-3-18-13-8-12(15-10-16-13)17-7-5-4-6-11(17)9-14-2/h8,10-11,14H,3-7,9H2,1-2H3. The zero-order valence-corrected chi connectivity index (χ0v) is 11.2. The first kappa shape index (κ1) is 13.1. The molecule has 2 rings (SSSR count). The van der Waals surface area contributed by atoms with E-state index in [4.69, 9.17) is 4.74 Å². The van der Waals surface area contributed by atoms with Gasteiger partial charge in [-0.15, -0.1) is 0 Å². The van der Waals surface area contributed by atoms with Crippen LogP contribution in [0.25, 0.3) is 0 Å². The van der Waals surface area contributed by atoms with E-state index < -0.39 is 0 Å². The molecule has 1 aliphatic rings. The van der Waals surface area contributed by atoms with Gasteiger partial charge in [0.25, 0.3) is 0 Å². The molecule has 1 N–H and O–H groups in total. The van der Waals surface area contributed by atoms with Crippen LogP contribution in [0.15, 0.2) is 12.4 Å². The minimum Gasteiger partial charge on any atom is -0.478 e. The second-order valence-electron chi connectivity index (χ2n) is 4.55. The SMILES string of the molecule is CCOc1cc(N2CCCCC2CNC)ncn1. The van der Waals surface area contributed by atoms with Crippen LogP contribution in [0.4, 0.5) is 5.82 Å². The number of hydrogen-bond donors (Lipinski definition) is 1. The molecule has 0 saturated carbocycles. The fourth-order valence-electron chi connectivity index (χ4n) is 2.46. The van der Waals surface area contributed by atoms with E-state index in [1.807, 2.05) is 20.0 Å². The third-order valence-corrected chi connectivity index (χ3v) is 3.28. The summed E-state index contributed by atoms with van der Waals surface area (Å²) in [6, 6.07) is 2.46. The summed E-state index contributed by atoms with van der Waals surface area (Å²) in [5, 5.41) is 3.26. The lowest BCUT2D eigenvalue weighted by atomic mass is 10.0. The van der Waals surface area contributed by atoms with Crippen LogP contribution in [-0.4, -0.2) is 42.8 Å². The molecule has 1 aliphatic heterocycles. The van der Waals surface area contributed by atoms with Gasteiger partial charge in [-0.25, -0.2) is 9.97 Å². The summed E-state index contributed by atoms with van der Waals surface area (Å²) >= 11 is 0. The van der Waals surface area contributed by atoms with Gasteiger partial charge in [0.15, 0.2) is 0 Å². The Bertz CT molecular complexity index is 370. The van der Waals surface area contributed by atoms with Gasteiger partial charge >= 0.3 is 0 Å². The number of aromatic nitrogens is 2. The quantitative estimate of drug-likeness (QED) is 0.857. The molecular formula is C13H22N4O. The molecule has 1 aromatic heterocycles. The van der Waals surface area contributed by atoms with Crippen LogP contribution in [0.2, 0.25) is 0 Å². The first-order chi connectivity index (χ1) is 8.85. The number of likely N-dealkylation sites (N-methyl/N-ethyl adjacent to an activating group) is 1. The highest BCUT2D eigenvalue weighted by molar-refractivity contribution is 5.42. The minimum absolute atomic E-state index is 0.521. The fourth-order valence-corrected chi connectivity index (χ4v) is 2.46. The molecule has 1 saturated heterocycles. The summed E-state index contributed by atoms with van der Waals surface area (Å²) in [6.07, 6.45) is 5.33. The smallest absolute Gasteiger partial charge is 0.218 e. The zero-order valence-electron chi connectivity index (χ0n) is 11.2. The van der Waals surface area contributed by atoms with Crippen LogP contribution in [0.3, 0.4) is 0 Å². The maximum Gasteiger partial charge on any atom is 0.218 e. The van der Waals surface area contributed by atoms with E-state index in [9.17, 15) is 0 Å². The molecule has 2 heterocycles. The molecule has 0 aromatic carbocycles. The lowest BCUT2D eigenvalue weighted by Crippen LogP contribution is -2.45. The molecule has 0 radical (unpaired) electrons. The number of rotatable bonds is 5. The van der Waals surface area contributed by atoms with Crippen molar-refractivity contribution >= 4 is 5.82 Å². The van der Waals surface area contributed by atoms with E-state index >= 15 is 0 Å². The number of piperidine rings is 1. The van der Waals surface area contributed by atoms with Gasteiger partial charge in [0.1, 0.15) is 12.1 Å². The first-order valence-corrected chi connectivity index (χ1v) is 6.71. The predicted octanol–water partition coefficient (Wildman–Crippen LogP) is 1.45. The molecule has 0 bridgehead atoms. The Balaban J connectivity index is 2.14. The molecule has 0 spiro atoms. The topological polar surface area (TPSA) is 50.3 Å². The van der Waals surface area contributed by atoms with E-state index in [0.717, 1.165) is 18.9 Å². The summed E-state index contributed by atoms with van der Waals surface area (Å²) in [7, 11) is 2.00. The van der Waals surface area contributed by atoms with Gasteiger partial charge in [0, 0.05) is 25.2 Å². The fraction of sp³-hybridized carbons (Fsp3) is 0.692. The normalized spacial score (nSPS) is 19.9. The number of nitrogens with one attached hydrogen (secondary N) is 1. The Kier molecular flexibility index (Phi) is 4.75. The Morgan fingerprint density at radius 1 is 1.44 bits per heavy atom. The zero-order chi connectivity index (χ0) is 12.8. The molecule has 1 unspecified atom stereocenters. The Morgan fingerprint density at radius 2 is 2.33 bits per heavy atom. The molecule has 0 aliphatic carbocycles. The monoisotopic (exact) mass is 250 g/mol. The number of hydrogen-bond acceptors (Lipinski definition) is 5. The predicted molar refractivity (Wildman–Crippen MR) is 72.1 cm³/mol. The second-order valence-corrected chi connectivity index (χ2v) is 4.55. The van der Waals surface area contributed by atoms with E-state index in [1.165, 1.54) is 19.3 Å². The van der Waals surface area contributed by atoms with Crippen molar-refractivity contribution in [3.05, 3.63) is 12.4 Å². The highest BCUT2D eigenvalue weighted by Crippen LogP contribution is 2.24. The van der Waals surface area contributed by atoms with Crippen molar-refractivity contribution in [2.45, 2.75) is 32.2 Å². The Morgan fingerprint density at radius 3 is 3.11 bits per heavy atom. The molecule has 1 aromatic rings. The van der Waals surface area contributed by atoms with E-state index in [1.54, 1.807) is 6.33 Å². The van der Waals surface area contributed by atoms with Crippen molar-refractivity contribution in [1.29, 1.82) is 0 Å². The molecule has 18 heavy (non-hydrogen) atoms. The summed E-state index contributed by atoms with van der Waals surface area (Å²) in [4.78, 5) is 10.9. The maximum absolute atomic E-state index is 5.44. The number of anilines is 1. The Hall–Kier alpha value is -1.36. The minimum atomic E-state index is 0.521. The van der Waals surface area contributed by atoms with Crippen LogP contribution in [0.5, 0.6) is 5.88 Å². The lowest BCUT2D eigenvalue weighted by Gasteiger charge is -2.36. The molecule has 1 fully saturated rings. The van der Waals surface area contributed by atoms with Gasteiger partial charge in [-0.05, 0) is 33.2 Å². The molecule has 100 valence electrons. The molecule has 5 heteroatoms. The van der Waals surface area contributed by atoms with Crippen LogP contribution >= 0.6 is 0 Å². The van der Waals surface area contributed by atoms with Gasteiger partial charge in [0.05, 0.1) is 6.61 Å². The van der Waals surface area contributed by atoms with E-state index in [2.05, 4.69) is 20.2 Å². The van der Waals surface area contributed by atoms with Gasteiger partial charge in [0.2, 0.25) is 5.88 Å². The van der Waals surface area contributed by atoms with Crippen LogP contribution in [-0.2, 0) is 0 Å². The van der Waals surface area contributed by atoms with Crippen molar-refractivity contribution in [2.75, 3.05) is 31.6 Å². The third-order valence-electron chi connectivity index (χ3n) is 3.28. The molecule has 1 atom stereocenters. The summed E-state index contributed by atoms with van der Waals surface area (Å²) in [6.45, 7) is 4.66. The third kappa shape index (κ3) is 3.10. The highest BCUT2D eigenvalue weighted by Gasteiger charge is 2.23.